The van der Waals surface area contributed by atoms with E-state index in [4.69, 9.17) is 0 Å². The van der Waals surface area contributed by atoms with E-state index in [2.05, 4.69) is 0 Å². The van der Waals surface area contributed by atoms with E-state index < -0.39 is 35.1 Å². The van der Waals surface area contributed by atoms with E-state index in [0.717, 1.165) is 46.5 Å². The summed E-state index contributed by atoms with van der Waals surface area (Å²) in [6.07, 6.45) is -9.15. The zero-order valence-electron chi connectivity index (χ0n) is 18.5. The van der Waals surface area contributed by atoms with Crippen LogP contribution in [0.4, 0.5) is 35.1 Å². The first-order valence-electron chi connectivity index (χ1n) is 10.8. The van der Waals surface area contributed by atoms with Gasteiger partial charge in [0.05, 0.1) is 11.1 Å². The highest BCUT2D eigenvalue weighted by molar-refractivity contribution is 5.64. The fourth-order valence-corrected chi connectivity index (χ4v) is 3.90. The molecular formula is C28H18F8. The fourth-order valence-electron chi connectivity index (χ4n) is 3.90. The Morgan fingerprint density at radius 1 is 0.417 bits per heavy atom. The van der Waals surface area contributed by atoms with Crippen LogP contribution in [-0.2, 0) is 25.2 Å². The molecule has 0 bridgehead atoms. The van der Waals surface area contributed by atoms with Crippen molar-refractivity contribution >= 4 is 0 Å². The Kier molecular flexibility index (Phi) is 6.89. The average Bonchev–Trinajstić information content (AvgIpc) is 2.81. The van der Waals surface area contributed by atoms with Crippen molar-refractivity contribution in [3.8, 4) is 11.1 Å². The van der Waals surface area contributed by atoms with Crippen molar-refractivity contribution in [1.82, 2.24) is 0 Å². The quantitative estimate of drug-likeness (QED) is 0.237. The molecule has 0 fully saturated rings. The SMILES string of the molecule is Fc1ccc(Cc2ccc(-c3ccc(Cc4ccc(F)c(C(F)(F)F)c4)cc3)cc2)cc1C(F)(F)F. The molecule has 0 saturated heterocycles. The predicted molar refractivity (Wildman–Crippen MR) is 120 cm³/mol. The monoisotopic (exact) mass is 506 g/mol. The lowest BCUT2D eigenvalue weighted by atomic mass is 9.97. The third kappa shape index (κ3) is 5.93. The summed E-state index contributed by atoms with van der Waals surface area (Å²) in [5.41, 5.74) is 1.21. The normalized spacial score (nSPS) is 12.1. The van der Waals surface area contributed by atoms with Gasteiger partial charge in [0.2, 0.25) is 0 Å². The van der Waals surface area contributed by atoms with Gasteiger partial charge in [-0.3, -0.25) is 0 Å². The van der Waals surface area contributed by atoms with Crippen LogP contribution in [0.15, 0.2) is 84.9 Å². The summed E-state index contributed by atoms with van der Waals surface area (Å²) >= 11 is 0. The lowest BCUT2D eigenvalue weighted by Crippen LogP contribution is -2.08. The summed E-state index contributed by atoms with van der Waals surface area (Å²) in [6, 6.07) is 20.1. The Balaban J connectivity index is 1.46. The summed E-state index contributed by atoms with van der Waals surface area (Å²) in [5, 5.41) is 0. The van der Waals surface area contributed by atoms with Crippen molar-refractivity contribution in [2.24, 2.45) is 0 Å². The van der Waals surface area contributed by atoms with Crippen molar-refractivity contribution in [1.29, 1.82) is 0 Å². The van der Waals surface area contributed by atoms with Crippen LogP contribution in [-0.4, -0.2) is 0 Å². The number of rotatable bonds is 5. The highest BCUT2D eigenvalue weighted by atomic mass is 19.4. The first-order valence-corrected chi connectivity index (χ1v) is 10.8. The molecule has 0 aromatic heterocycles. The molecule has 0 heterocycles. The second-order valence-electron chi connectivity index (χ2n) is 8.37. The topological polar surface area (TPSA) is 0 Å². The Bertz CT molecular complexity index is 1240. The molecule has 186 valence electrons. The van der Waals surface area contributed by atoms with E-state index in [-0.39, 0.29) is 12.8 Å². The average molecular weight is 506 g/mol. The molecule has 0 spiro atoms. The Labute approximate surface area is 201 Å². The Hall–Kier alpha value is -3.68. The number of halogens is 8. The van der Waals surface area contributed by atoms with Crippen molar-refractivity contribution in [2.75, 3.05) is 0 Å². The van der Waals surface area contributed by atoms with Crippen LogP contribution in [0, 0.1) is 11.6 Å². The molecular weight excluding hydrogens is 488 g/mol. The minimum Gasteiger partial charge on any atom is -0.206 e. The minimum absolute atomic E-state index is 0.195. The van der Waals surface area contributed by atoms with E-state index in [1.54, 1.807) is 48.5 Å². The summed E-state index contributed by atoms with van der Waals surface area (Å²) in [7, 11) is 0. The van der Waals surface area contributed by atoms with Gasteiger partial charge in [-0.1, -0.05) is 60.7 Å². The van der Waals surface area contributed by atoms with E-state index >= 15 is 0 Å². The molecule has 0 nitrogen and oxygen atoms in total. The van der Waals surface area contributed by atoms with Crippen molar-refractivity contribution in [2.45, 2.75) is 25.2 Å². The van der Waals surface area contributed by atoms with Crippen LogP contribution in [0.2, 0.25) is 0 Å². The molecule has 0 saturated carbocycles. The van der Waals surface area contributed by atoms with Crippen LogP contribution < -0.4 is 0 Å². The maximum atomic E-state index is 13.5. The van der Waals surface area contributed by atoms with Crippen LogP contribution in [0.5, 0.6) is 0 Å². The molecule has 0 aliphatic carbocycles. The Morgan fingerprint density at radius 2 is 0.722 bits per heavy atom. The molecule has 0 atom stereocenters. The standard InChI is InChI=1S/C28H18F8/c29-25-11-5-19(15-23(25)27(31,32)33)13-17-1-7-21(8-2-17)22-9-3-18(4-10-22)14-20-6-12-26(30)24(16-20)28(34,35)36/h1-12,15-16H,13-14H2. The van der Waals surface area contributed by atoms with E-state index in [1.807, 2.05) is 0 Å². The first kappa shape index (κ1) is 25.4. The van der Waals surface area contributed by atoms with Gasteiger partial charge in [-0.2, -0.15) is 26.3 Å². The van der Waals surface area contributed by atoms with Crippen LogP contribution in [0.1, 0.15) is 33.4 Å². The molecule has 4 aromatic carbocycles. The van der Waals surface area contributed by atoms with Gasteiger partial charge in [-0.05, 0) is 70.5 Å². The van der Waals surface area contributed by atoms with Crippen LogP contribution in [0.3, 0.4) is 0 Å². The summed E-state index contributed by atoms with van der Waals surface area (Å²) in [5.74, 6) is -2.63. The fraction of sp³-hybridized carbons (Fsp3) is 0.143. The molecule has 0 aliphatic rings. The largest absolute Gasteiger partial charge is 0.419 e. The second-order valence-corrected chi connectivity index (χ2v) is 8.37. The molecule has 0 N–H and O–H groups in total. The molecule has 0 amide bonds. The lowest BCUT2D eigenvalue weighted by Gasteiger charge is -2.11. The van der Waals surface area contributed by atoms with Gasteiger partial charge in [0.25, 0.3) is 0 Å². The molecule has 0 radical (unpaired) electrons. The molecule has 4 rings (SSSR count). The Morgan fingerprint density at radius 3 is 1.03 bits per heavy atom. The maximum Gasteiger partial charge on any atom is 0.419 e. The first-order chi connectivity index (χ1) is 16.9. The third-order valence-corrected chi connectivity index (χ3v) is 5.73. The van der Waals surface area contributed by atoms with E-state index in [0.29, 0.717) is 11.1 Å². The molecule has 8 heteroatoms. The zero-order valence-corrected chi connectivity index (χ0v) is 18.5. The number of benzene rings is 4. The zero-order chi connectivity index (χ0) is 26.1. The highest BCUT2D eigenvalue weighted by Crippen LogP contribution is 2.33. The van der Waals surface area contributed by atoms with Gasteiger partial charge in [0, 0.05) is 0 Å². The number of hydrogen-bond acceptors (Lipinski definition) is 0. The molecule has 0 unspecified atom stereocenters. The summed E-state index contributed by atoms with van der Waals surface area (Å²) < 4.78 is 105. The predicted octanol–water partition coefficient (Wildman–Crippen LogP) is 8.85. The molecule has 0 aliphatic heterocycles. The van der Waals surface area contributed by atoms with Gasteiger partial charge in [-0.25, -0.2) is 8.78 Å². The van der Waals surface area contributed by atoms with Gasteiger partial charge in [-0.15, -0.1) is 0 Å². The summed E-state index contributed by atoms with van der Waals surface area (Å²) in [6.45, 7) is 0. The smallest absolute Gasteiger partial charge is 0.206 e. The second kappa shape index (κ2) is 9.76. The van der Waals surface area contributed by atoms with Crippen molar-refractivity contribution in [3.05, 3.63) is 130 Å². The highest BCUT2D eigenvalue weighted by Gasteiger charge is 2.35. The van der Waals surface area contributed by atoms with Gasteiger partial charge < -0.3 is 0 Å². The van der Waals surface area contributed by atoms with Crippen LogP contribution >= 0.6 is 0 Å². The maximum absolute atomic E-state index is 13.5. The van der Waals surface area contributed by atoms with Crippen molar-refractivity contribution in [3.63, 3.8) is 0 Å². The molecule has 4 aromatic rings. The van der Waals surface area contributed by atoms with Gasteiger partial charge in [0.1, 0.15) is 11.6 Å². The number of hydrogen-bond donors (Lipinski definition) is 0. The van der Waals surface area contributed by atoms with Gasteiger partial charge >= 0.3 is 12.4 Å². The van der Waals surface area contributed by atoms with Crippen LogP contribution in [0.25, 0.3) is 11.1 Å². The molecule has 36 heavy (non-hydrogen) atoms. The minimum atomic E-state index is -4.77. The van der Waals surface area contributed by atoms with Crippen molar-refractivity contribution < 1.29 is 35.1 Å². The van der Waals surface area contributed by atoms with E-state index in [1.165, 1.54) is 12.1 Å². The number of alkyl halides is 6. The lowest BCUT2D eigenvalue weighted by molar-refractivity contribution is -0.140. The summed E-state index contributed by atoms with van der Waals surface area (Å²) in [4.78, 5) is 0. The van der Waals surface area contributed by atoms with Gasteiger partial charge in [0.15, 0.2) is 0 Å². The third-order valence-electron chi connectivity index (χ3n) is 5.73. The van der Waals surface area contributed by atoms with E-state index in [9.17, 15) is 35.1 Å².